The Morgan fingerprint density at radius 3 is 2.72 bits per heavy atom. The van der Waals surface area contributed by atoms with Crippen molar-refractivity contribution in [3.05, 3.63) is 12.7 Å². The van der Waals surface area contributed by atoms with E-state index >= 15 is 0 Å². The molecule has 1 saturated carbocycles. The molecular formula is C16H28O2. The lowest BCUT2D eigenvalue weighted by atomic mass is 9.66. The molecule has 2 unspecified atom stereocenters. The maximum Gasteiger partial charge on any atom is 0.306 e. The predicted octanol–water partition coefficient (Wildman–Crippen LogP) is 4.65. The van der Waals surface area contributed by atoms with Gasteiger partial charge in [-0.15, -0.1) is 6.58 Å². The van der Waals surface area contributed by atoms with Gasteiger partial charge in [0.15, 0.2) is 0 Å². The lowest BCUT2D eigenvalue weighted by Crippen LogP contribution is -2.34. The van der Waals surface area contributed by atoms with Crippen LogP contribution < -0.4 is 0 Å². The minimum absolute atomic E-state index is 0.0996. The van der Waals surface area contributed by atoms with Crippen molar-refractivity contribution in [1.29, 1.82) is 0 Å². The monoisotopic (exact) mass is 252 g/mol. The van der Waals surface area contributed by atoms with E-state index in [0.29, 0.717) is 11.3 Å². The molecule has 2 nitrogen and oxygen atoms in total. The molecule has 0 aliphatic heterocycles. The number of allylic oxidation sites excluding steroid dienone is 1. The van der Waals surface area contributed by atoms with E-state index in [1.165, 1.54) is 19.3 Å². The van der Waals surface area contributed by atoms with E-state index in [1.54, 1.807) is 0 Å². The summed E-state index contributed by atoms with van der Waals surface area (Å²) in [5.41, 5.74) is 0.331. The van der Waals surface area contributed by atoms with E-state index in [1.807, 2.05) is 6.08 Å². The molecule has 0 saturated heterocycles. The van der Waals surface area contributed by atoms with Crippen LogP contribution in [0.1, 0.15) is 65.2 Å². The first-order chi connectivity index (χ1) is 8.46. The first-order valence-corrected chi connectivity index (χ1v) is 7.30. The Labute approximate surface area is 111 Å². The SMILES string of the molecule is C=CCCCCCC1CC(C)(C)CCC1C(=O)O. The van der Waals surface area contributed by atoms with E-state index in [-0.39, 0.29) is 5.92 Å². The molecule has 1 rings (SSSR count). The van der Waals surface area contributed by atoms with Crippen molar-refractivity contribution in [1.82, 2.24) is 0 Å². The molecule has 0 aromatic carbocycles. The maximum atomic E-state index is 11.3. The van der Waals surface area contributed by atoms with Crippen molar-refractivity contribution in [2.45, 2.75) is 65.2 Å². The standard InChI is InChI=1S/C16H28O2/c1-4-5-6-7-8-9-13-12-16(2,3)11-10-14(13)15(17)18/h4,13-14H,1,5-12H2,2-3H3,(H,17,18). The van der Waals surface area contributed by atoms with Crippen molar-refractivity contribution in [2.75, 3.05) is 0 Å². The van der Waals surface area contributed by atoms with E-state index in [2.05, 4.69) is 20.4 Å². The van der Waals surface area contributed by atoms with Crippen molar-refractivity contribution in [2.24, 2.45) is 17.3 Å². The lowest BCUT2D eigenvalue weighted by Gasteiger charge is -2.39. The van der Waals surface area contributed by atoms with E-state index in [4.69, 9.17) is 0 Å². The molecule has 1 aliphatic rings. The maximum absolute atomic E-state index is 11.3. The van der Waals surface area contributed by atoms with Gasteiger partial charge in [-0.3, -0.25) is 4.79 Å². The Balaban J connectivity index is 2.41. The number of rotatable bonds is 7. The Bertz CT molecular complexity index is 281. The van der Waals surface area contributed by atoms with Crippen LogP contribution in [0.2, 0.25) is 0 Å². The van der Waals surface area contributed by atoms with Crippen LogP contribution in [-0.2, 0) is 4.79 Å². The van der Waals surface area contributed by atoms with Gasteiger partial charge in [0, 0.05) is 0 Å². The molecule has 0 amide bonds. The number of carboxylic acids is 1. The van der Waals surface area contributed by atoms with Crippen molar-refractivity contribution in [3.63, 3.8) is 0 Å². The highest BCUT2D eigenvalue weighted by Crippen LogP contribution is 2.43. The number of aliphatic carboxylic acids is 1. The molecule has 1 aliphatic carbocycles. The summed E-state index contributed by atoms with van der Waals surface area (Å²) in [5, 5.41) is 9.31. The van der Waals surface area contributed by atoms with Gasteiger partial charge in [-0.2, -0.15) is 0 Å². The van der Waals surface area contributed by atoms with Gasteiger partial charge in [0.25, 0.3) is 0 Å². The summed E-state index contributed by atoms with van der Waals surface area (Å²) < 4.78 is 0. The van der Waals surface area contributed by atoms with Gasteiger partial charge in [-0.1, -0.05) is 32.8 Å². The highest BCUT2D eigenvalue weighted by molar-refractivity contribution is 5.70. The van der Waals surface area contributed by atoms with E-state index in [9.17, 15) is 9.90 Å². The summed E-state index contributed by atoms with van der Waals surface area (Å²) >= 11 is 0. The molecule has 1 N–H and O–H groups in total. The highest BCUT2D eigenvalue weighted by atomic mass is 16.4. The Hall–Kier alpha value is -0.790. The van der Waals surface area contributed by atoms with Crippen LogP contribution in [0.25, 0.3) is 0 Å². The molecule has 0 heterocycles. The topological polar surface area (TPSA) is 37.3 Å². The zero-order valence-corrected chi connectivity index (χ0v) is 12.0. The van der Waals surface area contributed by atoms with Gasteiger partial charge >= 0.3 is 5.97 Å². The quantitative estimate of drug-likeness (QED) is 0.529. The molecule has 0 aromatic rings. The fraction of sp³-hybridized carbons (Fsp3) is 0.812. The summed E-state index contributed by atoms with van der Waals surface area (Å²) in [4.78, 5) is 11.3. The number of carboxylic acid groups (broad SMARTS) is 1. The third-order valence-corrected chi connectivity index (χ3v) is 4.32. The Morgan fingerprint density at radius 2 is 2.11 bits per heavy atom. The van der Waals surface area contributed by atoms with Crippen LogP contribution >= 0.6 is 0 Å². The van der Waals surface area contributed by atoms with E-state index < -0.39 is 5.97 Å². The summed E-state index contributed by atoms with van der Waals surface area (Å²) in [6.45, 7) is 8.27. The number of carbonyl (C=O) groups is 1. The Morgan fingerprint density at radius 1 is 1.39 bits per heavy atom. The minimum atomic E-state index is -0.582. The number of hydrogen-bond acceptors (Lipinski definition) is 1. The van der Waals surface area contributed by atoms with Crippen LogP contribution in [0.4, 0.5) is 0 Å². The highest BCUT2D eigenvalue weighted by Gasteiger charge is 2.37. The molecule has 0 spiro atoms. The average molecular weight is 252 g/mol. The largest absolute Gasteiger partial charge is 0.481 e. The zero-order valence-electron chi connectivity index (χ0n) is 12.0. The number of unbranched alkanes of at least 4 members (excludes halogenated alkanes) is 3. The fourth-order valence-corrected chi connectivity index (χ4v) is 3.24. The summed E-state index contributed by atoms with van der Waals surface area (Å²) in [5.74, 6) is -0.297. The average Bonchev–Trinajstić information content (AvgIpc) is 2.27. The van der Waals surface area contributed by atoms with Crippen molar-refractivity contribution in [3.8, 4) is 0 Å². The molecular weight excluding hydrogens is 224 g/mol. The first kappa shape index (κ1) is 15.3. The van der Waals surface area contributed by atoms with E-state index in [0.717, 1.165) is 32.1 Å². The minimum Gasteiger partial charge on any atom is -0.481 e. The lowest BCUT2D eigenvalue weighted by molar-refractivity contribution is -0.146. The molecule has 0 aromatic heterocycles. The Kier molecular flexibility index (Phi) is 5.90. The van der Waals surface area contributed by atoms with Gasteiger partial charge in [-0.05, 0) is 49.9 Å². The predicted molar refractivity (Wildman–Crippen MR) is 75.5 cm³/mol. The second kappa shape index (κ2) is 6.96. The molecule has 0 radical (unpaired) electrons. The summed E-state index contributed by atoms with van der Waals surface area (Å²) in [7, 11) is 0. The molecule has 0 bridgehead atoms. The molecule has 1 fully saturated rings. The molecule has 104 valence electrons. The van der Waals surface area contributed by atoms with Crippen LogP contribution in [0, 0.1) is 17.3 Å². The van der Waals surface area contributed by atoms with Gasteiger partial charge in [0.05, 0.1) is 5.92 Å². The van der Waals surface area contributed by atoms with Crippen molar-refractivity contribution < 1.29 is 9.90 Å². The molecule has 2 atom stereocenters. The fourth-order valence-electron chi connectivity index (χ4n) is 3.24. The summed E-state index contributed by atoms with van der Waals surface area (Å²) in [6.07, 6.45) is 10.7. The molecule has 2 heteroatoms. The van der Waals surface area contributed by atoms with Gasteiger partial charge in [0.1, 0.15) is 0 Å². The van der Waals surface area contributed by atoms with Crippen molar-refractivity contribution >= 4 is 5.97 Å². The normalized spacial score (nSPS) is 26.8. The third kappa shape index (κ3) is 4.83. The third-order valence-electron chi connectivity index (χ3n) is 4.32. The zero-order chi connectivity index (χ0) is 13.6. The van der Waals surface area contributed by atoms with Crippen LogP contribution in [0.5, 0.6) is 0 Å². The van der Waals surface area contributed by atoms with Crippen LogP contribution in [0.15, 0.2) is 12.7 Å². The van der Waals surface area contributed by atoms with Gasteiger partial charge in [0.2, 0.25) is 0 Å². The second-order valence-corrected chi connectivity index (χ2v) is 6.54. The molecule has 18 heavy (non-hydrogen) atoms. The summed E-state index contributed by atoms with van der Waals surface area (Å²) in [6, 6.07) is 0. The van der Waals surface area contributed by atoms with Crippen LogP contribution in [-0.4, -0.2) is 11.1 Å². The smallest absolute Gasteiger partial charge is 0.306 e. The number of hydrogen-bond donors (Lipinski definition) is 1. The van der Waals surface area contributed by atoms with Gasteiger partial charge < -0.3 is 5.11 Å². The van der Waals surface area contributed by atoms with Crippen LogP contribution in [0.3, 0.4) is 0 Å². The first-order valence-electron chi connectivity index (χ1n) is 7.30. The second-order valence-electron chi connectivity index (χ2n) is 6.54. The van der Waals surface area contributed by atoms with Gasteiger partial charge in [-0.25, -0.2) is 0 Å².